The van der Waals surface area contributed by atoms with Crippen LogP contribution in [0, 0.1) is 28.6 Å². The highest BCUT2D eigenvalue weighted by atomic mass is 16.8. The summed E-state index contributed by atoms with van der Waals surface area (Å²) >= 11 is 0. The normalized spacial score (nSPS) is 58.4. The molecule has 2 heterocycles. The van der Waals surface area contributed by atoms with Crippen LogP contribution in [0.1, 0.15) is 86.0 Å². The van der Waals surface area contributed by atoms with Gasteiger partial charge in [-0.3, -0.25) is 9.59 Å². The Bertz CT molecular complexity index is 857. The zero-order valence-electron chi connectivity index (χ0n) is 19.5. The first-order valence-electron chi connectivity index (χ1n) is 12.3. The standard InChI is InChI=1S/C25H36O6/c1-14(26)28-16-6-9-21(3)18-7-10-22(4)19(17(18)12-20-24(21,13-16)30-20)8-11-25(22)23(5,31-25)29-15(2)27/h16-20H,6-13H2,1-5H3/t16-,17+,18-,19-,20-,21+,22-,23-,24+,25-/m0/s1. The molecule has 0 bridgehead atoms. The van der Waals surface area contributed by atoms with Gasteiger partial charge in [0.1, 0.15) is 17.3 Å². The number of epoxide rings is 2. The third-order valence-electron chi connectivity index (χ3n) is 10.9. The molecule has 0 aromatic heterocycles. The van der Waals surface area contributed by atoms with Crippen LogP contribution in [0.5, 0.6) is 0 Å². The van der Waals surface area contributed by atoms with Crippen LogP contribution in [0.25, 0.3) is 0 Å². The lowest BCUT2D eigenvalue weighted by Gasteiger charge is -2.59. The van der Waals surface area contributed by atoms with Crippen LogP contribution in [0.4, 0.5) is 0 Å². The molecule has 0 radical (unpaired) electrons. The van der Waals surface area contributed by atoms with Crippen molar-refractivity contribution in [3.8, 4) is 0 Å². The van der Waals surface area contributed by atoms with Crippen LogP contribution in [0.2, 0.25) is 0 Å². The molecule has 0 amide bonds. The minimum absolute atomic E-state index is 0.0000302. The van der Waals surface area contributed by atoms with Crippen molar-refractivity contribution < 1.29 is 28.5 Å². The number of esters is 2. The van der Waals surface area contributed by atoms with Gasteiger partial charge in [-0.1, -0.05) is 13.8 Å². The van der Waals surface area contributed by atoms with E-state index in [-0.39, 0.29) is 46.2 Å². The number of carbonyl (C=O) groups is 2. The smallest absolute Gasteiger partial charge is 0.305 e. The van der Waals surface area contributed by atoms with Crippen molar-refractivity contribution in [3.05, 3.63) is 0 Å². The molecule has 6 nitrogen and oxygen atoms in total. The Morgan fingerprint density at radius 2 is 1.58 bits per heavy atom. The number of ether oxygens (including phenoxy) is 4. The summed E-state index contributed by atoms with van der Waals surface area (Å²) in [6, 6.07) is 0. The number of hydrogen-bond acceptors (Lipinski definition) is 6. The minimum atomic E-state index is -0.768. The van der Waals surface area contributed by atoms with Gasteiger partial charge in [0.25, 0.3) is 0 Å². The quantitative estimate of drug-likeness (QED) is 0.482. The fourth-order valence-electron chi connectivity index (χ4n) is 9.57. The Morgan fingerprint density at radius 3 is 2.29 bits per heavy atom. The van der Waals surface area contributed by atoms with Crippen LogP contribution in [-0.2, 0) is 28.5 Å². The second-order valence-electron chi connectivity index (χ2n) is 12.0. The number of hydrogen-bond donors (Lipinski definition) is 0. The maximum Gasteiger partial charge on any atom is 0.305 e. The van der Waals surface area contributed by atoms with E-state index in [4.69, 9.17) is 18.9 Å². The van der Waals surface area contributed by atoms with Gasteiger partial charge < -0.3 is 18.9 Å². The first-order chi connectivity index (χ1) is 14.5. The Hall–Kier alpha value is -1.14. The molecule has 6 heteroatoms. The van der Waals surface area contributed by atoms with E-state index in [1.54, 1.807) is 0 Å². The van der Waals surface area contributed by atoms with E-state index in [1.807, 2.05) is 6.92 Å². The molecule has 6 aliphatic rings. The third-order valence-corrected chi connectivity index (χ3v) is 10.9. The fraction of sp³-hybridized carbons (Fsp3) is 0.920. The van der Waals surface area contributed by atoms with Crippen LogP contribution < -0.4 is 0 Å². The molecule has 4 saturated carbocycles. The van der Waals surface area contributed by atoms with Gasteiger partial charge in [0.05, 0.1) is 6.10 Å². The topological polar surface area (TPSA) is 77.7 Å². The fourth-order valence-corrected chi connectivity index (χ4v) is 9.57. The maximum absolute atomic E-state index is 11.7. The van der Waals surface area contributed by atoms with Crippen LogP contribution in [-0.4, -0.2) is 41.1 Å². The van der Waals surface area contributed by atoms with Crippen molar-refractivity contribution in [2.45, 2.75) is 115 Å². The average Bonchev–Trinajstić information content (AvgIpc) is 3.47. The summed E-state index contributed by atoms with van der Waals surface area (Å²) in [6.45, 7) is 9.80. The lowest BCUT2D eigenvalue weighted by atomic mass is 9.44. The Kier molecular flexibility index (Phi) is 3.86. The minimum Gasteiger partial charge on any atom is -0.462 e. The van der Waals surface area contributed by atoms with Gasteiger partial charge in [-0.25, -0.2) is 0 Å². The van der Waals surface area contributed by atoms with E-state index in [1.165, 1.54) is 20.3 Å². The molecular weight excluding hydrogens is 396 g/mol. The maximum atomic E-state index is 11.7. The number of carbonyl (C=O) groups excluding carboxylic acids is 2. The SMILES string of the molecule is CC(=O)O[C@H]1CC[C@]2(C)[C@H]3CC[C@@]4(C)[C@@H](CC[C@]45O[C@]5(C)OC(C)=O)[C@@H]3C[C@@H]3O[C@]32C1. The molecule has 6 fully saturated rings. The van der Waals surface area contributed by atoms with Crippen molar-refractivity contribution in [1.82, 2.24) is 0 Å². The Morgan fingerprint density at radius 1 is 0.903 bits per heavy atom. The monoisotopic (exact) mass is 432 g/mol. The molecule has 172 valence electrons. The zero-order chi connectivity index (χ0) is 22.0. The molecule has 31 heavy (non-hydrogen) atoms. The molecule has 10 atom stereocenters. The molecule has 0 N–H and O–H groups in total. The van der Waals surface area contributed by atoms with E-state index >= 15 is 0 Å². The van der Waals surface area contributed by atoms with Crippen LogP contribution in [0.15, 0.2) is 0 Å². The van der Waals surface area contributed by atoms with Crippen molar-refractivity contribution in [2.75, 3.05) is 0 Å². The van der Waals surface area contributed by atoms with Crippen molar-refractivity contribution >= 4 is 11.9 Å². The summed E-state index contributed by atoms with van der Waals surface area (Å²) in [5.41, 5.74) is -0.233. The molecule has 0 aromatic rings. The molecule has 0 aromatic carbocycles. The van der Waals surface area contributed by atoms with Crippen LogP contribution in [0.3, 0.4) is 0 Å². The molecule has 4 aliphatic carbocycles. The summed E-state index contributed by atoms with van der Waals surface area (Å²) < 4.78 is 24.1. The van der Waals surface area contributed by atoms with Crippen LogP contribution >= 0.6 is 0 Å². The van der Waals surface area contributed by atoms with Gasteiger partial charge in [0.15, 0.2) is 0 Å². The molecule has 0 unspecified atom stereocenters. The predicted molar refractivity (Wildman–Crippen MR) is 111 cm³/mol. The van der Waals surface area contributed by atoms with E-state index in [0.29, 0.717) is 17.8 Å². The second-order valence-corrected chi connectivity index (χ2v) is 12.0. The first-order valence-corrected chi connectivity index (χ1v) is 12.3. The van der Waals surface area contributed by atoms with E-state index < -0.39 is 5.79 Å². The lowest BCUT2D eigenvalue weighted by Crippen LogP contribution is -2.59. The van der Waals surface area contributed by atoms with Gasteiger partial charge in [-0.05, 0) is 62.7 Å². The molecule has 2 aliphatic heterocycles. The summed E-state index contributed by atoms with van der Waals surface area (Å²) in [5, 5.41) is 0. The van der Waals surface area contributed by atoms with Gasteiger partial charge in [0.2, 0.25) is 5.79 Å². The predicted octanol–water partition coefficient (Wildman–Crippen LogP) is 4.14. The van der Waals surface area contributed by atoms with Crippen molar-refractivity contribution in [2.24, 2.45) is 28.6 Å². The summed E-state index contributed by atoms with van der Waals surface area (Å²) in [7, 11) is 0. The third kappa shape index (κ3) is 2.31. The summed E-state index contributed by atoms with van der Waals surface area (Å²) in [4.78, 5) is 23.3. The Labute approximate surface area is 184 Å². The van der Waals surface area contributed by atoms with Gasteiger partial charge in [0, 0.05) is 38.0 Å². The summed E-state index contributed by atoms with van der Waals surface area (Å²) in [6.07, 6.45) is 8.66. The molecule has 2 saturated heterocycles. The zero-order valence-corrected chi connectivity index (χ0v) is 19.5. The molecular formula is C25H36O6. The lowest BCUT2D eigenvalue weighted by molar-refractivity contribution is -0.159. The summed E-state index contributed by atoms with van der Waals surface area (Å²) in [5.74, 6) is 0.632. The van der Waals surface area contributed by atoms with Gasteiger partial charge >= 0.3 is 11.9 Å². The van der Waals surface area contributed by atoms with Crippen molar-refractivity contribution in [1.29, 1.82) is 0 Å². The van der Waals surface area contributed by atoms with E-state index in [2.05, 4.69) is 13.8 Å². The Balaban J connectivity index is 1.27. The average molecular weight is 433 g/mol. The second kappa shape index (κ2) is 5.85. The van der Waals surface area contributed by atoms with E-state index in [9.17, 15) is 9.59 Å². The number of rotatable bonds is 2. The highest BCUT2D eigenvalue weighted by molar-refractivity contribution is 5.67. The first kappa shape index (κ1) is 20.5. The highest BCUT2D eigenvalue weighted by Crippen LogP contribution is 2.78. The molecule has 6 rings (SSSR count). The van der Waals surface area contributed by atoms with E-state index in [0.717, 1.165) is 44.9 Å². The largest absolute Gasteiger partial charge is 0.462 e. The van der Waals surface area contributed by atoms with Crippen molar-refractivity contribution in [3.63, 3.8) is 0 Å². The van der Waals surface area contributed by atoms with Gasteiger partial charge in [-0.2, -0.15) is 0 Å². The number of fused-ring (bicyclic) bond motifs is 5. The molecule has 2 spiro atoms. The highest BCUT2D eigenvalue weighted by Gasteiger charge is 2.84. The van der Waals surface area contributed by atoms with Gasteiger partial charge in [-0.15, -0.1) is 0 Å².